The summed E-state index contributed by atoms with van der Waals surface area (Å²) < 4.78 is 13.2. The van der Waals surface area contributed by atoms with Crippen LogP contribution in [0.5, 0.6) is 0 Å². The maximum atomic E-state index is 13.2. The number of nitrogens with zero attached hydrogens (tertiary/aromatic N) is 2. The van der Waals surface area contributed by atoms with Crippen molar-refractivity contribution in [2.45, 2.75) is 40.2 Å². The molecule has 1 heterocycles. The fourth-order valence-corrected chi connectivity index (χ4v) is 2.61. The second kappa shape index (κ2) is 14.1. The molecule has 2 rings (SSSR count). The van der Waals surface area contributed by atoms with Crippen molar-refractivity contribution in [2.75, 3.05) is 19.5 Å². The number of nitrogens with one attached hydrogen (secondary N) is 2. The van der Waals surface area contributed by atoms with Gasteiger partial charge < -0.3 is 10.7 Å². The minimum Gasteiger partial charge on any atom is -0.348 e. The van der Waals surface area contributed by atoms with Gasteiger partial charge in [-0.15, -0.1) is 0 Å². The van der Waals surface area contributed by atoms with Crippen LogP contribution in [0.15, 0.2) is 66.8 Å². The molecule has 0 aliphatic carbocycles. The summed E-state index contributed by atoms with van der Waals surface area (Å²) >= 11 is 0. The molecule has 0 unspecified atom stereocenters. The van der Waals surface area contributed by atoms with E-state index >= 15 is 0 Å². The number of amides is 1. The Balaban J connectivity index is 0.00000218. The van der Waals surface area contributed by atoms with Gasteiger partial charge in [0.05, 0.1) is 5.69 Å². The minimum atomic E-state index is -0.254. The molecule has 0 radical (unpaired) electrons. The lowest BCUT2D eigenvalue weighted by atomic mass is 10.0. The van der Waals surface area contributed by atoms with Crippen LogP contribution in [0.1, 0.15) is 48.7 Å². The van der Waals surface area contributed by atoms with Gasteiger partial charge in [0.1, 0.15) is 5.83 Å². The molecule has 0 spiro atoms. The van der Waals surface area contributed by atoms with Crippen LogP contribution in [0.3, 0.4) is 0 Å². The number of halogens is 1. The van der Waals surface area contributed by atoms with E-state index in [9.17, 15) is 9.18 Å². The molecule has 0 atom stereocenters. The number of benzene rings is 1. The Bertz CT molecular complexity index is 832. The smallest absolute Gasteiger partial charge is 0.251 e. The molecule has 162 valence electrons. The third kappa shape index (κ3) is 9.01. The van der Waals surface area contributed by atoms with E-state index < -0.39 is 0 Å². The second-order valence-corrected chi connectivity index (χ2v) is 6.54. The molecule has 6 heteroatoms. The zero-order chi connectivity index (χ0) is 22.4. The summed E-state index contributed by atoms with van der Waals surface area (Å²) in [6, 6.07) is 9.32. The monoisotopic (exact) mass is 412 g/mol. The first-order valence-corrected chi connectivity index (χ1v) is 10.2. The number of rotatable bonds is 9. The first-order valence-electron chi connectivity index (χ1n) is 10.2. The van der Waals surface area contributed by atoms with Gasteiger partial charge in [-0.25, -0.2) is 9.40 Å². The van der Waals surface area contributed by atoms with Crippen LogP contribution in [0.4, 0.5) is 10.1 Å². The van der Waals surface area contributed by atoms with Gasteiger partial charge in [0, 0.05) is 38.6 Å². The zero-order valence-corrected chi connectivity index (χ0v) is 18.6. The van der Waals surface area contributed by atoms with Gasteiger partial charge in [-0.3, -0.25) is 9.78 Å². The maximum absolute atomic E-state index is 13.2. The number of anilines is 1. The SMILES string of the molecule is C/C=C(F)\C=C/CCc1cc(C(=O)NCc2cccnc2)ccc1NN(C)C.CC. The zero-order valence-electron chi connectivity index (χ0n) is 18.6. The summed E-state index contributed by atoms with van der Waals surface area (Å²) in [6.45, 7) is 6.08. The van der Waals surface area contributed by atoms with Crippen molar-refractivity contribution in [2.24, 2.45) is 0 Å². The van der Waals surface area contributed by atoms with Crippen LogP contribution in [0.25, 0.3) is 0 Å². The van der Waals surface area contributed by atoms with E-state index in [0.717, 1.165) is 16.8 Å². The highest BCUT2D eigenvalue weighted by Crippen LogP contribution is 2.20. The summed E-state index contributed by atoms with van der Waals surface area (Å²) in [5.41, 5.74) is 6.69. The third-order valence-corrected chi connectivity index (χ3v) is 4.02. The van der Waals surface area contributed by atoms with E-state index in [-0.39, 0.29) is 11.7 Å². The van der Waals surface area contributed by atoms with Crippen molar-refractivity contribution in [1.29, 1.82) is 0 Å². The lowest BCUT2D eigenvalue weighted by Crippen LogP contribution is -2.24. The Labute approximate surface area is 179 Å². The Kier molecular flexibility index (Phi) is 11.7. The molecule has 1 aromatic heterocycles. The average Bonchev–Trinajstić information content (AvgIpc) is 2.77. The minimum absolute atomic E-state index is 0.142. The van der Waals surface area contributed by atoms with Crippen molar-refractivity contribution in [3.8, 4) is 0 Å². The fourth-order valence-electron chi connectivity index (χ4n) is 2.61. The number of aromatic nitrogens is 1. The molecule has 0 aliphatic rings. The van der Waals surface area contributed by atoms with Gasteiger partial charge in [0.15, 0.2) is 0 Å². The van der Waals surface area contributed by atoms with Crippen molar-refractivity contribution < 1.29 is 9.18 Å². The van der Waals surface area contributed by atoms with E-state index in [2.05, 4.69) is 15.7 Å². The summed E-state index contributed by atoms with van der Waals surface area (Å²) in [4.78, 5) is 16.6. The van der Waals surface area contributed by atoms with Crippen LogP contribution >= 0.6 is 0 Å². The molecule has 0 aliphatic heterocycles. The number of carbonyl (C=O) groups is 1. The molecule has 0 saturated heterocycles. The normalized spacial score (nSPS) is 11.2. The van der Waals surface area contributed by atoms with Crippen molar-refractivity contribution >= 4 is 11.6 Å². The standard InChI is InChI=1S/C22H27FN4O.C2H6/c1-4-20(23)10-6-5-9-18-14-19(11-12-21(18)26-27(2)3)22(28)25-16-17-8-7-13-24-15-17;1-2/h4,6-8,10-15,26H,5,9,16H2,1-3H3,(H,25,28);1-2H3/b10-6-,20-4+;. The predicted octanol–water partition coefficient (Wildman–Crippen LogP) is 5.29. The third-order valence-electron chi connectivity index (χ3n) is 4.02. The molecule has 0 saturated carbocycles. The predicted molar refractivity (Wildman–Crippen MR) is 123 cm³/mol. The van der Waals surface area contributed by atoms with Crippen LogP contribution in [-0.2, 0) is 13.0 Å². The molecular formula is C24H33FN4O. The maximum Gasteiger partial charge on any atom is 0.251 e. The fraction of sp³-hybridized carbons (Fsp3) is 0.333. The largest absolute Gasteiger partial charge is 0.348 e. The van der Waals surface area contributed by atoms with E-state index in [1.807, 2.05) is 57.2 Å². The second-order valence-electron chi connectivity index (χ2n) is 6.54. The summed E-state index contributed by atoms with van der Waals surface area (Å²) in [5, 5.41) is 4.76. The molecule has 2 aromatic rings. The molecule has 0 bridgehead atoms. The van der Waals surface area contributed by atoms with Crippen LogP contribution in [-0.4, -0.2) is 30.0 Å². The van der Waals surface area contributed by atoms with Crippen molar-refractivity contribution in [3.63, 3.8) is 0 Å². The molecule has 2 N–H and O–H groups in total. The number of allylic oxidation sites excluding steroid dienone is 4. The highest BCUT2D eigenvalue weighted by molar-refractivity contribution is 5.94. The quantitative estimate of drug-likeness (QED) is 0.434. The Morgan fingerprint density at radius 2 is 2.00 bits per heavy atom. The molecule has 0 fully saturated rings. The Morgan fingerprint density at radius 1 is 1.23 bits per heavy atom. The average molecular weight is 413 g/mol. The topological polar surface area (TPSA) is 57.3 Å². The Hall–Kier alpha value is -2.99. The number of aryl methyl sites for hydroxylation is 1. The van der Waals surface area contributed by atoms with E-state index in [4.69, 9.17) is 0 Å². The molecule has 1 aromatic carbocycles. The lowest BCUT2D eigenvalue weighted by molar-refractivity contribution is 0.0951. The summed E-state index contributed by atoms with van der Waals surface area (Å²) in [6.07, 6.45) is 9.46. The van der Waals surface area contributed by atoms with Gasteiger partial charge in [-0.1, -0.05) is 32.1 Å². The molecule has 1 amide bonds. The molecule has 5 nitrogen and oxygen atoms in total. The summed E-state index contributed by atoms with van der Waals surface area (Å²) in [7, 11) is 3.80. The highest BCUT2D eigenvalue weighted by Gasteiger charge is 2.10. The highest BCUT2D eigenvalue weighted by atomic mass is 19.1. The molecule has 30 heavy (non-hydrogen) atoms. The number of hydrogen-bond donors (Lipinski definition) is 2. The van der Waals surface area contributed by atoms with Crippen LogP contribution in [0, 0.1) is 0 Å². The Morgan fingerprint density at radius 3 is 2.63 bits per heavy atom. The summed E-state index contributed by atoms with van der Waals surface area (Å²) in [5.74, 6) is -0.396. The van der Waals surface area contributed by atoms with Crippen LogP contribution < -0.4 is 10.7 Å². The van der Waals surface area contributed by atoms with Crippen molar-refractivity contribution in [3.05, 3.63) is 83.5 Å². The molecular weight excluding hydrogens is 379 g/mol. The van der Waals surface area contributed by atoms with Crippen LogP contribution in [0.2, 0.25) is 0 Å². The number of pyridine rings is 1. The van der Waals surface area contributed by atoms with E-state index in [1.165, 1.54) is 12.2 Å². The first kappa shape index (κ1) is 25.0. The van der Waals surface area contributed by atoms with Gasteiger partial charge in [0.25, 0.3) is 5.91 Å². The van der Waals surface area contributed by atoms with E-state index in [0.29, 0.717) is 24.9 Å². The van der Waals surface area contributed by atoms with Gasteiger partial charge in [-0.05, 0) is 61.2 Å². The lowest BCUT2D eigenvalue weighted by Gasteiger charge is -2.18. The van der Waals surface area contributed by atoms with Crippen molar-refractivity contribution in [1.82, 2.24) is 15.3 Å². The van der Waals surface area contributed by atoms with Gasteiger partial charge in [0.2, 0.25) is 0 Å². The first-order chi connectivity index (χ1) is 14.5. The van der Waals surface area contributed by atoms with Gasteiger partial charge >= 0.3 is 0 Å². The number of hydrazine groups is 1. The number of carbonyl (C=O) groups excluding carboxylic acids is 1. The van der Waals surface area contributed by atoms with Gasteiger partial charge in [-0.2, -0.15) is 0 Å². The number of hydrogen-bond acceptors (Lipinski definition) is 4. The van der Waals surface area contributed by atoms with E-state index in [1.54, 1.807) is 31.5 Å².